The van der Waals surface area contributed by atoms with E-state index in [-0.39, 0.29) is 0 Å². The summed E-state index contributed by atoms with van der Waals surface area (Å²) < 4.78 is 0. The number of aliphatic hydroxyl groups is 1. The highest BCUT2D eigenvalue weighted by molar-refractivity contribution is 6.34. The van der Waals surface area contributed by atoms with Gasteiger partial charge >= 0.3 is 0 Å². The SMILES string of the molecule is CC(C)(O)C1N=C(c2ccc(-c3ccc4cc[nH]c4c3)cc2)CN=C1c1ccccc1Cl. The Kier molecular flexibility index (Phi) is 5.20. The Bertz CT molecular complexity index is 1340. The van der Waals surface area contributed by atoms with Crippen molar-refractivity contribution in [1.29, 1.82) is 0 Å². The minimum Gasteiger partial charge on any atom is -0.388 e. The van der Waals surface area contributed by atoms with Gasteiger partial charge in [0, 0.05) is 22.3 Å². The van der Waals surface area contributed by atoms with Crippen LogP contribution in [0.4, 0.5) is 0 Å². The van der Waals surface area contributed by atoms with Gasteiger partial charge in [0.15, 0.2) is 0 Å². The van der Waals surface area contributed by atoms with Crippen LogP contribution in [0.2, 0.25) is 5.02 Å². The molecule has 5 heteroatoms. The van der Waals surface area contributed by atoms with Gasteiger partial charge in [-0.05, 0) is 54.1 Å². The summed E-state index contributed by atoms with van der Waals surface area (Å²) in [6.45, 7) is 3.97. The number of rotatable bonds is 4. The molecule has 0 spiro atoms. The number of hydrogen-bond acceptors (Lipinski definition) is 3. The average Bonchev–Trinajstić information content (AvgIpc) is 3.27. The molecule has 1 aromatic heterocycles. The molecule has 0 aliphatic carbocycles. The van der Waals surface area contributed by atoms with Gasteiger partial charge in [-0.15, -0.1) is 0 Å². The highest BCUT2D eigenvalue weighted by atomic mass is 35.5. The molecule has 4 aromatic rings. The zero-order valence-electron chi connectivity index (χ0n) is 18.0. The number of hydrogen-bond donors (Lipinski definition) is 2. The maximum atomic E-state index is 10.9. The van der Waals surface area contributed by atoms with Crippen LogP contribution in [0, 0.1) is 0 Å². The highest BCUT2D eigenvalue weighted by Gasteiger charge is 2.35. The summed E-state index contributed by atoms with van der Waals surface area (Å²) in [5, 5.41) is 12.7. The number of aromatic nitrogens is 1. The minimum atomic E-state index is -1.07. The molecule has 2 heterocycles. The fourth-order valence-electron chi connectivity index (χ4n) is 4.15. The van der Waals surface area contributed by atoms with Crippen LogP contribution in [-0.4, -0.2) is 39.7 Å². The third-order valence-electron chi connectivity index (χ3n) is 5.87. The van der Waals surface area contributed by atoms with E-state index in [1.54, 1.807) is 13.8 Å². The zero-order chi connectivity index (χ0) is 22.3. The van der Waals surface area contributed by atoms with Crippen LogP contribution in [0.25, 0.3) is 22.0 Å². The number of aromatic amines is 1. The number of fused-ring (bicyclic) bond motifs is 1. The van der Waals surface area contributed by atoms with E-state index in [1.807, 2.05) is 30.5 Å². The molecule has 4 nitrogen and oxygen atoms in total. The summed E-state index contributed by atoms with van der Waals surface area (Å²) in [4.78, 5) is 13.0. The maximum Gasteiger partial charge on any atom is 0.121 e. The first kappa shape index (κ1) is 20.7. The van der Waals surface area contributed by atoms with Gasteiger partial charge in [-0.1, -0.05) is 66.2 Å². The van der Waals surface area contributed by atoms with Gasteiger partial charge in [0.2, 0.25) is 0 Å². The molecule has 0 fully saturated rings. The van der Waals surface area contributed by atoms with Crippen molar-refractivity contribution in [3.05, 3.63) is 95.1 Å². The van der Waals surface area contributed by atoms with Gasteiger partial charge in [-0.3, -0.25) is 9.98 Å². The Balaban J connectivity index is 1.46. The van der Waals surface area contributed by atoms with Crippen molar-refractivity contribution in [3.8, 4) is 11.1 Å². The fraction of sp³-hybridized carbons (Fsp3) is 0.185. The molecule has 0 amide bonds. The van der Waals surface area contributed by atoms with Gasteiger partial charge in [0.1, 0.15) is 6.04 Å². The molecular weight excluding hydrogens is 418 g/mol. The van der Waals surface area contributed by atoms with E-state index in [9.17, 15) is 5.11 Å². The van der Waals surface area contributed by atoms with Crippen LogP contribution in [-0.2, 0) is 0 Å². The van der Waals surface area contributed by atoms with Crippen LogP contribution >= 0.6 is 11.6 Å². The van der Waals surface area contributed by atoms with Crippen LogP contribution in [0.5, 0.6) is 0 Å². The largest absolute Gasteiger partial charge is 0.388 e. The van der Waals surface area contributed by atoms with Crippen molar-refractivity contribution in [2.75, 3.05) is 6.54 Å². The topological polar surface area (TPSA) is 60.7 Å². The minimum absolute atomic E-state index is 0.445. The van der Waals surface area contributed by atoms with Gasteiger partial charge < -0.3 is 10.1 Å². The van der Waals surface area contributed by atoms with E-state index in [2.05, 4.69) is 53.5 Å². The lowest BCUT2D eigenvalue weighted by Crippen LogP contribution is -2.44. The Hall–Kier alpha value is -3.21. The lowest BCUT2D eigenvalue weighted by Gasteiger charge is -2.31. The molecule has 32 heavy (non-hydrogen) atoms. The molecule has 3 aromatic carbocycles. The molecule has 2 N–H and O–H groups in total. The Labute approximate surface area is 192 Å². The van der Waals surface area contributed by atoms with E-state index in [0.29, 0.717) is 11.6 Å². The summed E-state index contributed by atoms with van der Waals surface area (Å²) in [6.07, 6.45) is 1.95. The van der Waals surface area contributed by atoms with Crippen molar-refractivity contribution in [1.82, 2.24) is 4.98 Å². The second kappa shape index (κ2) is 8.05. The first-order valence-electron chi connectivity index (χ1n) is 10.7. The number of nitrogens with zero attached hydrogens (tertiary/aromatic N) is 2. The smallest absolute Gasteiger partial charge is 0.121 e. The van der Waals surface area contributed by atoms with Crippen molar-refractivity contribution in [2.24, 2.45) is 9.98 Å². The summed E-state index contributed by atoms with van der Waals surface area (Å²) >= 11 is 6.42. The Morgan fingerprint density at radius 2 is 1.66 bits per heavy atom. The van der Waals surface area contributed by atoms with Crippen LogP contribution in [0.15, 0.2) is 89.0 Å². The van der Waals surface area contributed by atoms with Gasteiger partial charge in [0.05, 0.1) is 23.6 Å². The molecule has 1 aliphatic rings. The van der Waals surface area contributed by atoms with Crippen molar-refractivity contribution in [2.45, 2.75) is 25.5 Å². The molecule has 5 rings (SSSR count). The summed E-state index contributed by atoms with van der Waals surface area (Å²) in [5.74, 6) is 0. The molecule has 1 unspecified atom stereocenters. The van der Waals surface area contributed by atoms with Crippen molar-refractivity contribution < 1.29 is 5.11 Å². The molecule has 160 valence electrons. The third kappa shape index (κ3) is 3.88. The number of nitrogens with one attached hydrogen (secondary N) is 1. The molecular formula is C27H24ClN3O. The molecule has 0 saturated heterocycles. The summed E-state index contributed by atoms with van der Waals surface area (Å²) in [6, 6.07) is 23.9. The van der Waals surface area contributed by atoms with E-state index >= 15 is 0 Å². The van der Waals surface area contributed by atoms with Crippen LogP contribution in [0.1, 0.15) is 25.0 Å². The number of halogens is 1. The van der Waals surface area contributed by atoms with Gasteiger partial charge in [-0.2, -0.15) is 0 Å². The standard InChI is InChI=1S/C27H24ClN3O/c1-27(2,32)26-25(21-5-3-4-6-22(21)28)30-16-24(31-26)18-9-7-17(8-10-18)20-12-11-19-13-14-29-23(19)15-20/h3-15,26,29,32H,16H2,1-2H3. The molecule has 1 aliphatic heterocycles. The van der Waals surface area contributed by atoms with Crippen molar-refractivity contribution >= 4 is 33.9 Å². The van der Waals surface area contributed by atoms with E-state index < -0.39 is 11.6 Å². The first-order valence-corrected chi connectivity index (χ1v) is 11.0. The molecule has 0 bridgehead atoms. The Morgan fingerprint density at radius 1 is 0.938 bits per heavy atom. The number of benzene rings is 3. The van der Waals surface area contributed by atoms with Crippen LogP contribution in [0.3, 0.4) is 0 Å². The molecule has 0 radical (unpaired) electrons. The second-order valence-corrected chi connectivity index (χ2v) is 9.08. The third-order valence-corrected chi connectivity index (χ3v) is 6.20. The zero-order valence-corrected chi connectivity index (χ0v) is 18.8. The quantitative estimate of drug-likeness (QED) is 0.405. The average molecular weight is 442 g/mol. The Morgan fingerprint density at radius 3 is 2.41 bits per heavy atom. The normalized spacial score (nSPS) is 16.7. The predicted molar refractivity (Wildman–Crippen MR) is 133 cm³/mol. The second-order valence-electron chi connectivity index (χ2n) is 8.67. The lowest BCUT2D eigenvalue weighted by atomic mass is 9.89. The van der Waals surface area contributed by atoms with Crippen LogP contribution < -0.4 is 0 Å². The fourth-order valence-corrected chi connectivity index (χ4v) is 4.38. The van der Waals surface area contributed by atoms with Gasteiger partial charge in [-0.25, -0.2) is 0 Å². The van der Waals surface area contributed by atoms with E-state index in [1.165, 1.54) is 5.39 Å². The maximum absolute atomic E-state index is 10.9. The first-order chi connectivity index (χ1) is 15.4. The summed E-state index contributed by atoms with van der Waals surface area (Å²) in [5.41, 5.74) is 5.76. The molecule has 0 saturated carbocycles. The number of aliphatic imine (C=N–C) groups is 2. The summed E-state index contributed by atoms with van der Waals surface area (Å²) in [7, 11) is 0. The highest BCUT2D eigenvalue weighted by Crippen LogP contribution is 2.28. The van der Waals surface area contributed by atoms with Gasteiger partial charge in [0.25, 0.3) is 0 Å². The van der Waals surface area contributed by atoms with E-state index in [4.69, 9.17) is 21.6 Å². The van der Waals surface area contributed by atoms with Crippen molar-refractivity contribution in [3.63, 3.8) is 0 Å². The predicted octanol–water partition coefficient (Wildman–Crippen LogP) is 5.92. The van der Waals surface area contributed by atoms with E-state index in [0.717, 1.165) is 39.2 Å². The molecule has 1 atom stereocenters. The number of H-pyrrole nitrogens is 1. The monoisotopic (exact) mass is 441 g/mol. The lowest BCUT2D eigenvalue weighted by molar-refractivity contribution is 0.0733.